The standard InChI is InChI=1S/C19H15NO4S2/c1-26(22,23)14-8-6-13(7-9-14)20-19(21)17-10-12-11-24-16-5-3-2-4-15(16)18(12)25-17/h2-10H,11H2,1H3,(H,20,21). The molecule has 0 saturated carbocycles. The Kier molecular flexibility index (Phi) is 4.05. The van der Waals surface area contributed by atoms with E-state index in [0.717, 1.165) is 28.0 Å². The fourth-order valence-corrected chi connectivity index (χ4v) is 4.51. The average molecular weight is 385 g/mol. The van der Waals surface area contributed by atoms with Crippen molar-refractivity contribution in [3.05, 3.63) is 65.0 Å². The Morgan fingerprint density at radius 1 is 1.12 bits per heavy atom. The first-order valence-electron chi connectivity index (χ1n) is 7.88. The summed E-state index contributed by atoms with van der Waals surface area (Å²) in [5.74, 6) is 0.596. The molecule has 4 rings (SSSR count). The lowest BCUT2D eigenvalue weighted by Crippen LogP contribution is -2.10. The van der Waals surface area contributed by atoms with E-state index in [9.17, 15) is 13.2 Å². The van der Waals surface area contributed by atoms with Crippen LogP contribution in [0.15, 0.2) is 59.5 Å². The number of ether oxygens (including phenoxy) is 1. The van der Waals surface area contributed by atoms with Gasteiger partial charge in [-0.3, -0.25) is 4.79 Å². The summed E-state index contributed by atoms with van der Waals surface area (Å²) in [5.41, 5.74) is 2.53. The molecular formula is C19H15NO4S2. The number of thiophene rings is 1. The summed E-state index contributed by atoms with van der Waals surface area (Å²) in [6.45, 7) is 0.444. The molecule has 132 valence electrons. The molecule has 1 aliphatic rings. The Morgan fingerprint density at radius 3 is 2.58 bits per heavy atom. The molecule has 0 unspecified atom stereocenters. The van der Waals surface area contributed by atoms with Gasteiger partial charge in [0.05, 0.1) is 9.77 Å². The van der Waals surface area contributed by atoms with Crippen LogP contribution in [0.5, 0.6) is 5.75 Å². The molecule has 0 bridgehead atoms. The molecule has 3 aromatic rings. The van der Waals surface area contributed by atoms with Crippen LogP contribution in [0.3, 0.4) is 0 Å². The molecule has 1 aliphatic heterocycles. The molecular weight excluding hydrogens is 370 g/mol. The van der Waals surface area contributed by atoms with Crippen LogP contribution in [0, 0.1) is 0 Å². The maximum atomic E-state index is 12.6. The van der Waals surface area contributed by atoms with E-state index in [2.05, 4.69) is 5.32 Å². The molecule has 1 N–H and O–H groups in total. The number of hydrogen-bond donors (Lipinski definition) is 1. The van der Waals surface area contributed by atoms with E-state index in [1.54, 1.807) is 12.1 Å². The van der Waals surface area contributed by atoms with Gasteiger partial charge < -0.3 is 10.1 Å². The number of carbonyl (C=O) groups is 1. The van der Waals surface area contributed by atoms with Crippen LogP contribution in [-0.2, 0) is 16.4 Å². The van der Waals surface area contributed by atoms with Crippen molar-refractivity contribution in [3.8, 4) is 16.2 Å². The van der Waals surface area contributed by atoms with Gasteiger partial charge in [-0.15, -0.1) is 11.3 Å². The highest BCUT2D eigenvalue weighted by molar-refractivity contribution is 7.90. The van der Waals surface area contributed by atoms with Crippen molar-refractivity contribution in [2.75, 3.05) is 11.6 Å². The Bertz CT molecular complexity index is 1100. The molecule has 2 heterocycles. The second-order valence-corrected chi connectivity index (χ2v) is 9.07. The summed E-state index contributed by atoms with van der Waals surface area (Å²) in [6, 6.07) is 15.7. The number of nitrogens with one attached hydrogen (secondary N) is 1. The second kappa shape index (κ2) is 6.26. The van der Waals surface area contributed by atoms with Crippen LogP contribution >= 0.6 is 11.3 Å². The fourth-order valence-electron chi connectivity index (χ4n) is 2.79. The normalized spacial score (nSPS) is 12.7. The van der Waals surface area contributed by atoms with E-state index in [1.165, 1.54) is 23.5 Å². The van der Waals surface area contributed by atoms with Crippen LogP contribution in [0.2, 0.25) is 0 Å². The van der Waals surface area contributed by atoms with Gasteiger partial charge in [-0.2, -0.15) is 0 Å². The molecule has 1 aromatic heterocycles. The van der Waals surface area contributed by atoms with Crippen molar-refractivity contribution in [1.29, 1.82) is 0 Å². The van der Waals surface area contributed by atoms with Crippen LogP contribution in [0.1, 0.15) is 15.2 Å². The van der Waals surface area contributed by atoms with Gasteiger partial charge in [-0.05, 0) is 42.5 Å². The molecule has 26 heavy (non-hydrogen) atoms. The zero-order valence-electron chi connectivity index (χ0n) is 13.9. The molecule has 1 amide bonds. The summed E-state index contributed by atoms with van der Waals surface area (Å²) in [4.78, 5) is 14.4. The predicted octanol–water partition coefficient (Wildman–Crippen LogP) is 3.96. The number of anilines is 1. The van der Waals surface area contributed by atoms with Crippen molar-refractivity contribution >= 4 is 32.8 Å². The highest BCUT2D eigenvalue weighted by atomic mass is 32.2. The van der Waals surface area contributed by atoms with Gasteiger partial charge in [0.15, 0.2) is 9.84 Å². The van der Waals surface area contributed by atoms with Crippen molar-refractivity contribution < 1.29 is 17.9 Å². The maximum Gasteiger partial charge on any atom is 0.265 e. The topological polar surface area (TPSA) is 72.5 Å². The molecule has 2 aromatic carbocycles. The monoisotopic (exact) mass is 385 g/mol. The highest BCUT2D eigenvalue weighted by Gasteiger charge is 2.22. The first-order chi connectivity index (χ1) is 12.4. The number of benzene rings is 2. The Morgan fingerprint density at radius 2 is 1.85 bits per heavy atom. The Hall–Kier alpha value is -2.64. The third kappa shape index (κ3) is 3.11. The first-order valence-corrected chi connectivity index (χ1v) is 10.6. The van der Waals surface area contributed by atoms with Gasteiger partial charge in [-0.25, -0.2) is 8.42 Å². The SMILES string of the molecule is CS(=O)(=O)c1ccc(NC(=O)c2cc3c(s2)-c2ccccc2OC3)cc1. The third-order valence-electron chi connectivity index (χ3n) is 4.09. The van der Waals surface area contributed by atoms with Crippen molar-refractivity contribution in [1.82, 2.24) is 0 Å². The minimum Gasteiger partial charge on any atom is -0.488 e. The zero-order chi connectivity index (χ0) is 18.3. The third-order valence-corrected chi connectivity index (χ3v) is 6.43. The van der Waals surface area contributed by atoms with Crippen LogP contribution in [-0.4, -0.2) is 20.6 Å². The van der Waals surface area contributed by atoms with Crippen LogP contribution in [0.25, 0.3) is 10.4 Å². The number of para-hydroxylation sites is 1. The van der Waals surface area contributed by atoms with Crippen molar-refractivity contribution in [3.63, 3.8) is 0 Å². The second-order valence-electron chi connectivity index (χ2n) is 6.00. The highest BCUT2D eigenvalue weighted by Crippen LogP contribution is 2.42. The van der Waals surface area contributed by atoms with Gasteiger partial charge in [0.25, 0.3) is 5.91 Å². The average Bonchev–Trinajstić information content (AvgIpc) is 3.06. The molecule has 0 spiro atoms. The molecule has 0 radical (unpaired) electrons. The van der Waals surface area contributed by atoms with E-state index in [4.69, 9.17) is 4.74 Å². The van der Waals surface area contributed by atoms with Crippen LogP contribution in [0.4, 0.5) is 5.69 Å². The summed E-state index contributed by atoms with van der Waals surface area (Å²) in [6.07, 6.45) is 1.15. The molecule has 0 saturated heterocycles. The van der Waals surface area contributed by atoms with E-state index in [-0.39, 0.29) is 10.8 Å². The van der Waals surface area contributed by atoms with Gasteiger partial charge >= 0.3 is 0 Å². The van der Waals surface area contributed by atoms with Crippen LogP contribution < -0.4 is 10.1 Å². The van der Waals surface area contributed by atoms with E-state index >= 15 is 0 Å². The number of carbonyl (C=O) groups excluding carboxylic acids is 1. The summed E-state index contributed by atoms with van der Waals surface area (Å²) < 4.78 is 28.7. The van der Waals surface area contributed by atoms with Crippen molar-refractivity contribution in [2.45, 2.75) is 11.5 Å². The van der Waals surface area contributed by atoms with Crippen molar-refractivity contribution in [2.24, 2.45) is 0 Å². The van der Waals surface area contributed by atoms with E-state index < -0.39 is 9.84 Å². The van der Waals surface area contributed by atoms with Gasteiger partial charge in [-0.1, -0.05) is 12.1 Å². The minimum atomic E-state index is -3.26. The Labute approximate surface area is 155 Å². The molecule has 5 nitrogen and oxygen atoms in total. The van der Waals surface area contributed by atoms with E-state index in [0.29, 0.717) is 17.2 Å². The Balaban J connectivity index is 1.58. The lowest BCUT2D eigenvalue weighted by atomic mass is 10.1. The van der Waals surface area contributed by atoms with Gasteiger partial charge in [0.2, 0.25) is 0 Å². The molecule has 7 heteroatoms. The number of hydrogen-bond acceptors (Lipinski definition) is 5. The molecule has 0 fully saturated rings. The minimum absolute atomic E-state index is 0.218. The number of rotatable bonds is 3. The summed E-state index contributed by atoms with van der Waals surface area (Å²) in [7, 11) is -3.26. The number of amides is 1. The van der Waals surface area contributed by atoms with E-state index in [1.807, 2.05) is 30.3 Å². The molecule has 0 aliphatic carbocycles. The zero-order valence-corrected chi connectivity index (χ0v) is 15.5. The lowest BCUT2D eigenvalue weighted by molar-refractivity contribution is 0.103. The summed E-state index contributed by atoms with van der Waals surface area (Å²) in [5, 5.41) is 2.81. The molecule has 0 atom stereocenters. The summed E-state index contributed by atoms with van der Waals surface area (Å²) >= 11 is 1.42. The van der Waals surface area contributed by atoms with Gasteiger partial charge in [0, 0.05) is 27.9 Å². The van der Waals surface area contributed by atoms with Gasteiger partial charge in [0.1, 0.15) is 12.4 Å². The number of sulfone groups is 1. The fraction of sp³-hybridized carbons (Fsp3) is 0.105. The lowest BCUT2D eigenvalue weighted by Gasteiger charge is -2.16. The predicted molar refractivity (Wildman–Crippen MR) is 102 cm³/mol. The maximum absolute atomic E-state index is 12.6. The largest absolute Gasteiger partial charge is 0.488 e. The quantitative estimate of drug-likeness (QED) is 0.741. The smallest absolute Gasteiger partial charge is 0.265 e. The number of fused-ring (bicyclic) bond motifs is 3. The first kappa shape index (κ1) is 16.8.